The maximum absolute atomic E-state index is 12.3. The summed E-state index contributed by atoms with van der Waals surface area (Å²) in [5.41, 5.74) is 5.32. The largest absolute Gasteiger partial charge is 0.401 e. The predicted octanol–water partition coefficient (Wildman–Crippen LogP) is 0.822. The summed E-state index contributed by atoms with van der Waals surface area (Å²) in [5.74, 6) is -0.00527. The molecule has 0 bridgehead atoms. The van der Waals surface area contributed by atoms with Gasteiger partial charge in [0.15, 0.2) is 0 Å². The molecule has 106 valence electrons. The summed E-state index contributed by atoms with van der Waals surface area (Å²) in [4.78, 5) is 14.7. The Morgan fingerprint density at radius 2 is 1.89 bits per heavy atom. The third-order valence-corrected chi connectivity index (χ3v) is 2.94. The minimum Gasteiger partial charge on any atom is -0.341 e. The normalized spacial score (nSPS) is 18.8. The second-order valence-electron chi connectivity index (χ2n) is 4.52. The van der Waals surface area contributed by atoms with E-state index in [0.717, 1.165) is 0 Å². The molecule has 0 aliphatic carbocycles. The first-order valence-electron chi connectivity index (χ1n) is 6.19. The van der Waals surface area contributed by atoms with Crippen LogP contribution in [-0.2, 0) is 4.79 Å². The van der Waals surface area contributed by atoms with Crippen LogP contribution in [0.2, 0.25) is 0 Å². The number of halogens is 3. The van der Waals surface area contributed by atoms with E-state index in [0.29, 0.717) is 45.4 Å². The van der Waals surface area contributed by atoms with Gasteiger partial charge in [0.25, 0.3) is 0 Å². The van der Waals surface area contributed by atoms with E-state index >= 15 is 0 Å². The van der Waals surface area contributed by atoms with Crippen molar-refractivity contribution in [2.24, 2.45) is 5.73 Å². The molecular weight excluding hydrogens is 247 g/mol. The summed E-state index contributed by atoms with van der Waals surface area (Å²) < 4.78 is 36.8. The van der Waals surface area contributed by atoms with Crippen molar-refractivity contribution in [2.75, 3.05) is 39.3 Å². The fourth-order valence-electron chi connectivity index (χ4n) is 2.04. The molecule has 0 unspecified atom stereocenters. The lowest BCUT2D eigenvalue weighted by atomic mass is 10.2. The van der Waals surface area contributed by atoms with Gasteiger partial charge in [-0.2, -0.15) is 13.2 Å². The maximum Gasteiger partial charge on any atom is 0.401 e. The molecule has 0 aromatic heterocycles. The molecule has 0 aromatic carbocycles. The van der Waals surface area contributed by atoms with Gasteiger partial charge >= 0.3 is 6.18 Å². The van der Waals surface area contributed by atoms with Gasteiger partial charge in [-0.15, -0.1) is 0 Å². The van der Waals surface area contributed by atoms with Gasteiger partial charge in [-0.1, -0.05) is 0 Å². The molecule has 1 fully saturated rings. The average molecular weight is 267 g/mol. The van der Waals surface area contributed by atoms with E-state index in [4.69, 9.17) is 5.73 Å². The van der Waals surface area contributed by atoms with Gasteiger partial charge in [0, 0.05) is 32.6 Å². The molecule has 7 heteroatoms. The van der Waals surface area contributed by atoms with Crippen LogP contribution in [0.3, 0.4) is 0 Å². The molecule has 2 N–H and O–H groups in total. The summed E-state index contributed by atoms with van der Waals surface area (Å²) in [6.07, 6.45) is -2.57. The van der Waals surface area contributed by atoms with E-state index in [9.17, 15) is 18.0 Å². The number of hydrogen-bond acceptors (Lipinski definition) is 3. The van der Waals surface area contributed by atoms with E-state index in [1.54, 1.807) is 4.90 Å². The van der Waals surface area contributed by atoms with Crippen LogP contribution < -0.4 is 5.73 Å². The highest BCUT2D eigenvalue weighted by Gasteiger charge is 2.31. The highest BCUT2D eigenvalue weighted by atomic mass is 19.4. The van der Waals surface area contributed by atoms with Crippen molar-refractivity contribution in [1.29, 1.82) is 0 Å². The summed E-state index contributed by atoms with van der Waals surface area (Å²) in [5, 5.41) is 0. The Kier molecular flexibility index (Phi) is 5.87. The topological polar surface area (TPSA) is 49.6 Å². The van der Waals surface area contributed by atoms with Crippen molar-refractivity contribution in [3.63, 3.8) is 0 Å². The third kappa shape index (κ3) is 5.68. The maximum atomic E-state index is 12.3. The fourth-order valence-corrected chi connectivity index (χ4v) is 2.04. The van der Waals surface area contributed by atoms with Gasteiger partial charge < -0.3 is 10.6 Å². The summed E-state index contributed by atoms with van der Waals surface area (Å²) in [6, 6.07) is 0. The van der Waals surface area contributed by atoms with Crippen molar-refractivity contribution in [1.82, 2.24) is 9.80 Å². The Morgan fingerprint density at radius 1 is 1.17 bits per heavy atom. The van der Waals surface area contributed by atoms with Gasteiger partial charge in [-0.25, -0.2) is 0 Å². The van der Waals surface area contributed by atoms with E-state index in [-0.39, 0.29) is 12.5 Å². The van der Waals surface area contributed by atoms with E-state index in [1.165, 1.54) is 4.90 Å². The van der Waals surface area contributed by atoms with Gasteiger partial charge in [-0.3, -0.25) is 9.69 Å². The Hall–Kier alpha value is -0.820. The molecule has 1 heterocycles. The van der Waals surface area contributed by atoms with Gasteiger partial charge in [0.1, 0.15) is 0 Å². The van der Waals surface area contributed by atoms with Crippen LogP contribution in [0.15, 0.2) is 0 Å². The molecule has 18 heavy (non-hydrogen) atoms. The van der Waals surface area contributed by atoms with Crippen LogP contribution in [0.1, 0.15) is 19.3 Å². The smallest absolute Gasteiger partial charge is 0.341 e. The lowest BCUT2D eigenvalue weighted by molar-refractivity contribution is -0.145. The zero-order valence-electron chi connectivity index (χ0n) is 10.4. The number of rotatable bonds is 4. The van der Waals surface area contributed by atoms with Crippen LogP contribution in [-0.4, -0.2) is 61.2 Å². The molecule has 1 amide bonds. The van der Waals surface area contributed by atoms with E-state index in [1.807, 2.05) is 0 Å². The molecule has 1 aliphatic heterocycles. The zero-order valence-corrected chi connectivity index (χ0v) is 10.4. The highest BCUT2D eigenvalue weighted by Crippen LogP contribution is 2.17. The third-order valence-electron chi connectivity index (χ3n) is 2.94. The summed E-state index contributed by atoms with van der Waals surface area (Å²) in [6.45, 7) is 1.16. The molecule has 0 saturated carbocycles. The van der Waals surface area contributed by atoms with Crippen LogP contribution in [0.4, 0.5) is 13.2 Å². The molecular formula is C11H20F3N3O. The lowest BCUT2D eigenvalue weighted by Gasteiger charge is -2.22. The first-order valence-corrected chi connectivity index (χ1v) is 6.19. The monoisotopic (exact) mass is 267 g/mol. The lowest BCUT2D eigenvalue weighted by Crippen LogP contribution is -2.38. The predicted molar refractivity (Wildman–Crippen MR) is 62.0 cm³/mol. The quantitative estimate of drug-likeness (QED) is 0.820. The van der Waals surface area contributed by atoms with Crippen molar-refractivity contribution < 1.29 is 18.0 Å². The van der Waals surface area contributed by atoms with Gasteiger partial charge in [-0.05, 0) is 19.4 Å². The summed E-state index contributed by atoms with van der Waals surface area (Å²) in [7, 11) is 0. The minimum atomic E-state index is -4.17. The first kappa shape index (κ1) is 15.2. The Balaban J connectivity index is 2.38. The number of hydrogen-bond donors (Lipinski definition) is 1. The van der Waals surface area contributed by atoms with Crippen LogP contribution in [0.5, 0.6) is 0 Å². The number of alkyl halides is 3. The van der Waals surface area contributed by atoms with Gasteiger partial charge in [0.05, 0.1) is 6.54 Å². The van der Waals surface area contributed by atoms with Crippen molar-refractivity contribution in [2.45, 2.75) is 25.4 Å². The van der Waals surface area contributed by atoms with E-state index in [2.05, 4.69) is 0 Å². The average Bonchev–Trinajstić information content (AvgIpc) is 2.49. The molecule has 1 rings (SSSR count). The second-order valence-corrected chi connectivity index (χ2v) is 4.52. The molecule has 1 aliphatic rings. The van der Waals surface area contributed by atoms with Crippen LogP contribution in [0, 0.1) is 0 Å². The van der Waals surface area contributed by atoms with Crippen molar-refractivity contribution in [3.8, 4) is 0 Å². The minimum absolute atomic E-state index is 0.00527. The zero-order chi connectivity index (χ0) is 13.6. The Morgan fingerprint density at radius 3 is 2.50 bits per heavy atom. The standard InChI is InChI=1S/C11H20F3N3O/c12-11(13,14)9-16-5-2-6-17(8-7-16)10(18)3-1-4-15/h1-9,15H2. The Bertz CT molecular complexity index is 271. The van der Waals surface area contributed by atoms with Gasteiger partial charge in [0.2, 0.25) is 5.91 Å². The molecule has 0 atom stereocenters. The molecule has 0 aromatic rings. The van der Waals surface area contributed by atoms with Crippen molar-refractivity contribution in [3.05, 3.63) is 0 Å². The molecule has 0 spiro atoms. The van der Waals surface area contributed by atoms with E-state index < -0.39 is 12.7 Å². The SMILES string of the molecule is NCCCC(=O)N1CCCN(CC(F)(F)F)CC1. The Labute approximate surface area is 105 Å². The number of carbonyl (C=O) groups is 1. The first-order chi connectivity index (χ1) is 8.42. The molecule has 4 nitrogen and oxygen atoms in total. The van der Waals surface area contributed by atoms with Crippen LogP contribution in [0.25, 0.3) is 0 Å². The number of carbonyl (C=O) groups excluding carboxylic acids is 1. The van der Waals surface area contributed by atoms with Crippen molar-refractivity contribution >= 4 is 5.91 Å². The fraction of sp³-hybridized carbons (Fsp3) is 0.909. The number of amides is 1. The summed E-state index contributed by atoms with van der Waals surface area (Å²) >= 11 is 0. The number of nitrogens with zero attached hydrogens (tertiary/aromatic N) is 2. The highest BCUT2D eigenvalue weighted by molar-refractivity contribution is 5.76. The van der Waals surface area contributed by atoms with Crippen LogP contribution >= 0.6 is 0 Å². The number of nitrogens with two attached hydrogens (primary N) is 1. The second kappa shape index (κ2) is 6.94. The molecule has 1 saturated heterocycles. The molecule has 0 radical (unpaired) electrons.